The van der Waals surface area contributed by atoms with E-state index < -0.39 is 0 Å². The van der Waals surface area contributed by atoms with E-state index in [0.717, 1.165) is 37.9 Å². The molecule has 4 heteroatoms. The molecule has 4 nitrogen and oxygen atoms in total. The van der Waals surface area contributed by atoms with Crippen LogP contribution in [0.25, 0.3) is 0 Å². The summed E-state index contributed by atoms with van der Waals surface area (Å²) in [4.78, 5) is 18.4. The fraction of sp³-hybridized carbons (Fsp3) is 0.571. The molecule has 1 fully saturated rings. The van der Waals surface area contributed by atoms with Gasteiger partial charge in [-0.15, -0.1) is 0 Å². The normalized spacial score (nSPS) is 19.8. The van der Waals surface area contributed by atoms with Gasteiger partial charge in [0.15, 0.2) is 0 Å². The van der Waals surface area contributed by atoms with Crippen LogP contribution in [0, 0.1) is 0 Å². The molecule has 1 aromatic rings. The first-order valence-electron chi connectivity index (χ1n) is 6.68. The average molecular weight is 247 g/mol. The highest BCUT2D eigenvalue weighted by Gasteiger charge is 2.26. The number of likely N-dealkylation sites (tertiary alicyclic amines) is 1. The summed E-state index contributed by atoms with van der Waals surface area (Å²) in [7, 11) is 1.96. The van der Waals surface area contributed by atoms with E-state index in [4.69, 9.17) is 0 Å². The van der Waals surface area contributed by atoms with E-state index in [2.05, 4.69) is 10.3 Å². The van der Waals surface area contributed by atoms with Crippen molar-refractivity contribution in [1.29, 1.82) is 0 Å². The van der Waals surface area contributed by atoms with Crippen molar-refractivity contribution in [3.05, 3.63) is 30.1 Å². The van der Waals surface area contributed by atoms with Gasteiger partial charge in [0.1, 0.15) is 0 Å². The van der Waals surface area contributed by atoms with Crippen LogP contribution >= 0.6 is 0 Å². The Bertz CT molecular complexity index is 380. The van der Waals surface area contributed by atoms with Crippen LogP contribution in [0.5, 0.6) is 0 Å². The molecule has 0 aliphatic carbocycles. The van der Waals surface area contributed by atoms with Gasteiger partial charge in [0, 0.05) is 30.5 Å². The molecular formula is C14H21N3O. The second kappa shape index (κ2) is 6.50. The van der Waals surface area contributed by atoms with E-state index in [1.54, 1.807) is 24.5 Å². The Kier molecular flexibility index (Phi) is 4.70. The largest absolute Gasteiger partial charge is 0.336 e. The number of piperidine rings is 1. The zero-order valence-corrected chi connectivity index (χ0v) is 10.9. The minimum atomic E-state index is 0.151. The van der Waals surface area contributed by atoms with Crippen LogP contribution in [0.2, 0.25) is 0 Å². The first-order chi connectivity index (χ1) is 8.83. The maximum Gasteiger partial charge on any atom is 0.254 e. The predicted molar refractivity (Wildman–Crippen MR) is 71.5 cm³/mol. The molecule has 1 amide bonds. The lowest BCUT2D eigenvalue weighted by molar-refractivity contribution is 0.0602. The third-order valence-corrected chi connectivity index (χ3v) is 3.54. The Morgan fingerprint density at radius 3 is 2.94 bits per heavy atom. The number of pyridine rings is 1. The highest BCUT2D eigenvalue weighted by atomic mass is 16.2. The molecule has 1 aliphatic rings. The molecule has 1 saturated heterocycles. The van der Waals surface area contributed by atoms with Crippen molar-refractivity contribution < 1.29 is 4.79 Å². The molecule has 2 rings (SSSR count). The van der Waals surface area contributed by atoms with Gasteiger partial charge in [-0.25, -0.2) is 0 Å². The summed E-state index contributed by atoms with van der Waals surface area (Å²) in [5.74, 6) is 0.151. The number of nitrogens with zero attached hydrogens (tertiary/aromatic N) is 2. The third-order valence-electron chi connectivity index (χ3n) is 3.54. The van der Waals surface area contributed by atoms with Crippen molar-refractivity contribution in [2.24, 2.45) is 0 Å². The quantitative estimate of drug-likeness (QED) is 0.880. The highest BCUT2D eigenvalue weighted by Crippen LogP contribution is 2.21. The number of carbonyl (C=O) groups excluding carboxylic acids is 1. The standard InChI is InChI=1S/C14H21N3O/c1-15-8-7-13-4-2-3-11-17(13)14(18)12-5-9-16-10-6-12/h5-6,9-10,13,15H,2-4,7-8,11H2,1H3. The lowest BCUT2D eigenvalue weighted by atomic mass is 9.98. The summed E-state index contributed by atoms with van der Waals surface area (Å²) in [5, 5.41) is 3.17. The predicted octanol–water partition coefficient (Wildman–Crippen LogP) is 1.69. The minimum absolute atomic E-state index is 0.151. The van der Waals surface area contributed by atoms with E-state index in [-0.39, 0.29) is 5.91 Å². The second-order valence-electron chi connectivity index (χ2n) is 4.78. The van der Waals surface area contributed by atoms with Crippen LogP contribution in [0.4, 0.5) is 0 Å². The summed E-state index contributed by atoms with van der Waals surface area (Å²) in [5.41, 5.74) is 0.751. The van der Waals surface area contributed by atoms with E-state index >= 15 is 0 Å². The van der Waals surface area contributed by atoms with Gasteiger partial charge in [0.2, 0.25) is 0 Å². The first kappa shape index (κ1) is 13.0. The molecule has 0 spiro atoms. The number of hydrogen-bond donors (Lipinski definition) is 1. The average Bonchev–Trinajstić information content (AvgIpc) is 2.45. The zero-order chi connectivity index (χ0) is 12.8. The van der Waals surface area contributed by atoms with Crippen LogP contribution < -0.4 is 5.32 Å². The van der Waals surface area contributed by atoms with Crippen molar-refractivity contribution in [2.75, 3.05) is 20.1 Å². The highest BCUT2D eigenvalue weighted by molar-refractivity contribution is 5.94. The number of rotatable bonds is 4. The smallest absolute Gasteiger partial charge is 0.254 e. The maximum atomic E-state index is 12.5. The van der Waals surface area contributed by atoms with E-state index in [1.807, 2.05) is 11.9 Å². The van der Waals surface area contributed by atoms with Gasteiger partial charge in [-0.2, -0.15) is 0 Å². The summed E-state index contributed by atoms with van der Waals surface area (Å²) in [6.07, 6.45) is 7.87. The molecule has 1 N–H and O–H groups in total. The molecule has 0 aromatic carbocycles. The Labute approximate surface area is 108 Å². The third kappa shape index (κ3) is 3.07. The van der Waals surface area contributed by atoms with Crippen LogP contribution in [-0.2, 0) is 0 Å². The van der Waals surface area contributed by atoms with Crippen LogP contribution in [-0.4, -0.2) is 42.0 Å². The fourth-order valence-electron chi connectivity index (χ4n) is 2.54. The molecule has 2 heterocycles. The van der Waals surface area contributed by atoms with Gasteiger partial charge in [0.25, 0.3) is 5.91 Å². The SMILES string of the molecule is CNCCC1CCCCN1C(=O)c1ccncc1. The van der Waals surface area contributed by atoms with Gasteiger partial charge < -0.3 is 10.2 Å². The molecule has 0 radical (unpaired) electrons. The van der Waals surface area contributed by atoms with Gasteiger partial charge >= 0.3 is 0 Å². The second-order valence-corrected chi connectivity index (χ2v) is 4.78. The Morgan fingerprint density at radius 1 is 1.44 bits per heavy atom. The van der Waals surface area contributed by atoms with Gasteiger partial charge in [-0.3, -0.25) is 9.78 Å². The summed E-state index contributed by atoms with van der Waals surface area (Å²) < 4.78 is 0. The Hall–Kier alpha value is -1.42. The molecule has 1 aliphatic heterocycles. The molecular weight excluding hydrogens is 226 g/mol. The van der Waals surface area contributed by atoms with Crippen molar-refractivity contribution in [3.63, 3.8) is 0 Å². The van der Waals surface area contributed by atoms with Gasteiger partial charge in [-0.1, -0.05) is 0 Å². The van der Waals surface area contributed by atoms with Crippen molar-refractivity contribution >= 4 is 5.91 Å². The molecule has 1 aromatic heterocycles. The number of amides is 1. The van der Waals surface area contributed by atoms with Crippen molar-refractivity contribution in [3.8, 4) is 0 Å². The van der Waals surface area contributed by atoms with Gasteiger partial charge in [-0.05, 0) is 51.4 Å². The molecule has 98 valence electrons. The fourth-order valence-corrected chi connectivity index (χ4v) is 2.54. The summed E-state index contributed by atoms with van der Waals surface area (Å²) in [6.45, 7) is 1.85. The molecule has 0 bridgehead atoms. The maximum absolute atomic E-state index is 12.5. The number of hydrogen-bond acceptors (Lipinski definition) is 3. The van der Waals surface area contributed by atoms with Crippen LogP contribution in [0.15, 0.2) is 24.5 Å². The summed E-state index contributed by atoms with van der Waals surface area (Å²) >= 11 is 0. The van der Waals surface area contributed by atoms with Gasteiger partial charge in [0.05, 0.1) is 0 Å². The zero-order valence-electron chi connectivity index (χ0n) is 10.9. The number of nitrogens with one attached hydrogen (secondary N) is 1. The Balaban J connectivity index is 2.06. The van der Waals surface area contributed by atoms with Crippen LogP contribution in [0.3, 0.4) is 0 Å². The molecule has 18 heavy (non-hydrogen) atoms. The van der Waals surface area contributed by atoms with E-state index in [9.17, 15) is 4.79 Å². The van der Waals surface area contributed by atoms with E-state index in [0.29, 0.717) is 6.04 Å². The van der Waals surface area contributed by atoms with Crippen molar-refractivity contribution in [2.45, 2.75) is 31.7 Å². The van der Waals surface area contributed by atoms with Crippen LogP contribution in [0.1, 0.15) is 36.0 Å². The lowest BCUT2D eigenvalue weighted by Gasteiger charge is -2.36. The molecule has 0 saturated carbocycles. The molecule has 1 unspecified atom stereocenters. The lowest BCUT2D eigenvalue weighted by Crippen LogP contribution is -2.44. The van der Waals surface area contributed by atoms with Crippen molar-refractivity contribution in [1.82, 2.24) is 15.2 Å². The summed E-state index contributed by atoms with van der Waals surface area (Å²) in [6, 6.07) is 3.98. The topological polar surface area (TPSA) is 45.2 Å². The number of aromatic nitrogens is 1. The Morgan fingerprint density at radius 2 is 2.22 bits per heavy atom. The molecule has 1 atom stereocenters. The number of carbonyl (C=O) groups is 1. The van der Waals surface area contributed by atoms with E-state index in [1.165, 1.54) is 6.42 Å². The minimum Gasteiger partial charge on any atom is -0.336 e. The monoisotopic (exact) mass is 247 g/mol. The first-order valence-corrected chi connectivity index (χ1v) is 6.68.